The van der Waals surface area contributed by atoms with Crippen LogP contribution < -0.4 is 5.14 Å². The topological polar surface area (TPSA) is 90.9 Å². The third kappa shape index (κ3) is 3.39. The van der Waals surface area contributed by atoms with Crippen molar-refractivity contribution >= 4 is 32.8 Å². The summed E-state index contributed by atoms with van der Waals surface area (Å²) in [5, 5.41) is 6.02. The number of nitrogens with zero attached hydrogens (tertiary/aromatic N) is 3. The van der Waals surface area contributed by atoms with Crippen LogP contribution in [0.2, 0.25) is 0 Å². The van der Waals surface area contributed by atoms with Gasteiger partial charge in [0.1, 0.15) is 0 Å². The summed E-state index contributed by atoms with van der Waals surface area (Å²) >= 11 is 1.57. The van der Waals surface area contributed by atoms with Crippen molar-refractivity contribution in [3.63, 3.8) is 0 Å². The Morgan fingerprint density at radius 1 is 1.26 bits per heavy atom. The molecule has 2 heterocycles. The van der Waals surface area contributed by atoms with Gasteiger partial charge in [0.25, 0.3) is 0 Å². The molecule has 0 saturated carbocycles. The molecule has 0 amide bonds. The molecule has 0 unspecified atom stereocenters. The van der Waals surface area contributed by atoms with Crippen LogP contribution in [0.4, 0.5) is 0 Å². The third-order valence-electron chi connectivity index (χ3n) is 3.40. The number of nitrogens with two attached hydrogens (primary N) is 1. The summed E-state index contributed by atoms with van der Waals surface area (Å²) in [5.41, 5.74) is 2.49. The maximum absolute atomic E-state index is 11.5. The SMILES string of the molecule is CCn1c(SCc2ccccn2)nc2cc(S(N)(=O)=O)ccc21. The number of imidazole rings is 1. The lowest BCUT2D eigenvalue weighted by atomic mass is 10.3. The molecule has 120 valence electrons. The van der Waals surface area contributed by atoms with Gasteiger partial charge in [-0.15, -0.1) is 0 Å². The van der Waals surface area contributed by atoms with E-state index in [1.54, 1.807) is 24.0 Å². The Bertz CT molecular complexity index is 937. The van der Waals surface area contributed by atoms with Crippen LogP contribution >= 0.6 is 11.8 Å². The van der Waals surface area contributed by atoms with E-state index in [1.165, 1.54) is 12.1 Å². The lowest BCUT2D eigenvalue weighted by molar-refractivity contribution is 0.598. The van der Waals surface area contributed by atoms with Crippen molar-refractivity contribution in [2.24, 2.45) is 5.14 Å². The van der Waals surface area contributed by atoms with E-state index in [0.29, 0.717) is 11.3 Å². The quantitative estimate of drug-likeness (QED) is 0.715. The third-order valence-corrected chi connectivity index (χ3v) is 5.33. The van der Waals surface area contributed by atoms with E-state index in [9.17, 15) is 8.42 Å². The van der Waals surface area contributed by atoms with Gasteiger partial charge in [0.05, 0.1) is 21.6 Å². The molecular formula is C15H16N4O2S2. The Morgan fingerprint density at radius 3 is 2.74 bits per heavy atom. The molecule has 0 aliphatic heterocycles. The van der Waals surface area contributed by atoms with E-state index >= 15 is 0 Å². The maximum atomic E-state index is 11.5. The lowest BCUT2D eigenvalue weighted by Crippen LogP contribution is -2.11. The van der Waals surface area contributed by atoms with Gasteiger partial charge in [-0.25, -0.2) is 18.5 Å². The monoisotopic (exact) mass is 348 g/mol. The summed E-state index contributed by atoms with van der Waals surface area (Å²) in [4.78, 5) is 8.92. The van der Waals surface area contributed by atoms with Crippen LogP contribution in [-0.2, 0) is 22.3 Å². The molecule has 2 N–H and O–H groups in total. The van der Waals surface area contributed by atoms with E-state index in [0.717, 1.165) is 22.9 Å². The molecule has 0 bridgehead atoms. The number of hydrogen-bond acceptors (Lipinski definition) is 5. The fourth-order valence-corrected chi connectivity index (χ4v) is 3.83. The number of aromatic nitrogens is 3. The molecule has 0 aliphatic rings. The van der Waals surface area contributed by atoms with Crippen LogP contribution in [0.3, 0.4) is 0 Å². The second-order valence-corrected chi connectivity index (χ2v) is 7.45. The van der Waals surface area contributed by atoms with Crippen LogP contribution in [-0.4, -0.2) is 23.0 Å². The summed E-state index contributed by atoms with van der Waals surface area (Å²) < 4.78 is 25.0. The van der Waals surface area contributed by atoms with E-state index in [1.807, 2.05) is 25.1 Å². The molecule has 2 aromatic heterocycles. The predicted octanol–water partition coefficient (Wildman–Crippen LogP) is 2.39. The Labute approximate surface area is 138 Å². The summed E-state index contributed by atoms with van der Waals surface area (Å²) in [6.07, 6.45) is 1.76. The van der Waals surface area contributed by atoms with Crippen molar-refractivity contribution in [2.75, 3.05) is 0 Å². The van der Waals surface area contributed by atoms with Crippen LogP contribution in [0, 0.1) is 0 Å². The summed E-state index contributed by atoms with van der Waals surface area (Å²) in [7, 11) is -3.73. The Morgan fingerprint density at radius 2 is 2.09 bits per heavy atom. The Balaban J connectivity index is 1.96. The fourth-order valence-electron chi connectivity index (χ4n) is 2.30. The van der Waals surface area contributed by atoms with Crippen molar-refractivity contribution < 1.29 is 8.42 Å². The molecule has 0 atom stereocenters. The second-order valence-electron chi connectivity index (χ2n) is 4.94. The molecule has 0 fully saturated rings. The highest BCUT2D eigenvalue weighted by Crippen LogP contribution is 2.27. The Hall–Kier alpha value is -1.90. The number of hydrogen-bond donors (Lipinski definition) is 1. The number of primary sulfonamides is 1. The first-order valence-corrected chi connectivity index (χ1v) is 9.58. The smallest absolute Gasteiger partial charge is 0.238 e. The number of aryl methyl sites for hydroxylation is 1. The van der Waals surface area contributed by atoms with Crippen molar-refractivity contribution in [1.82, 2.24) is 14.5 Å². The molecule has 0 radical (unpaired) electrons. The highest BCUT2D eigenvalue weighted by Gasteiger charge is 2.14. The second kappa shape index (κ2) is 6.31. The van der Waals surface area contributed by atoms with Crippen LogP contribution in [0.5, 0.6) is 0 Å². The average molecular weight is 348 g/mol. The normalized spacial score (nSPS) is 11.9. The van der Waals surface area contributed by atoms with Gasteiger partial charge in [0.2, 0.25) is 10.0 Å². The van der Waals surface area contributed by atoms with Crippen LogP contribution in [0.25, 0.3) is 11.0 Å². The van der Waals surface area contributed by atoms with E-state index < -0.39 is 10.0 Å². The van der Waals surface area contributed by atoms with Crippen molar-refractivity contribution in [2.45, 2.75) is 29.3 Å². The van der Waals surface area contributed by atoms with Gasteiger partial charge in [-0.1, -0.05) is 17.8 Å². The van der Waals surface area contributed by atoms with Crippen molar-refractivity contribution in [3.05, 3.63) is 48.3 Å². The standard InChI is InChI=1S/C15H16N4O2S2/c1-2-19-14-7-6-12(23(16,20)21)9-13(14)18-15(19)22-10-11-5-3-4-8-17-11/h3-9H,2,10H2,1H3,(H2,16,20,21). The van der Waals surface area contributed by atoms with Gasteiger partial charge in [0, 0.05) is 18.5 Å². The first kappa shape index (κ1) is 16.0. The van der Waals surface area contributed by atoms with Gasteiger partial charge < -0.3 is 4.57 Å². The Kier molecular flexibility index (Phi) is 4.38. The molecule has 0 spiro atoms. The maximum Gasteiger partial charge on any atom is 0.238 e. The molecule has 3 rings (SSSR count). The molecule has 23 heavy (non-hydrogen) atoms. The molecule has 0 saturated heterocycles. The van der Waals surface area contributed by atoms with Gasteiger partial charge in [-0.2, -0.15) is 0 Å². The molecule has 8 heteroatoms. The van der Waals surface area contributed by atoms with Crippen molar-refractivity contribution in [3.8, 4) is 0 Å². The number of pyridine rings is 1. The van der Waals surface area contributed by atoms with Gasteiger partial charge in [-0.3, -0.25) is 4.98 Å². The zero-order valence-electron chi connectivity index (χ0n) is 12.5. The number of sulfonamides is 1. The molecule has 1 aromatic carbocycles. The molecular weight excluding hydrogens is 332 g/mol. The summed E-state index contributed by atoms with van der Waals surface area (Å²) in [5.74, 6) is 0.701. The van der Waals surface area contributed by atoms with E-state index in [4.69, 9.17) is 5.14 Å². The van der Waals surface area contributed by atoms with Crippen LogP contribution in [0.15, 0.2) is 52.6 Å². The number of fused-ring (bicyclic) bond motifs is 1. The predicted molar refractivity (Wildman–Crippen MR) is 90.6 cm³/mol. The largest absolute Gasteiger partial charge is 0.319 e. The van der Waals surface area contributed by atoms with Crippen molar-refractivity contribution in [1.29, 1.82) is 0 Å². The number of benzene rings is 1. The van der Waals surface area contributed by atoms with Crippen LogP contribution in [0.1, 0.15) is 12.6 Å². The van der Waals surface area contributed by atoms with Gasteiger partial charge in [0.15, 0.2) is 5.16 Å². The van der Waals surface area contributed by atoms with E-state index in [2.05, 4.69) is 14.5 Å². The first-order valence-electron chi connectivity index (χ1n) is 7.05. The first-order chi connectivity index (χ1) is 11.0. The van der Waals surface area contributed by atoms with Gasteiger partial charge in [-0.05, 0) is 37.3 Å². The van der Waals surface area contributed by atoms with Gasteiger partial charge >= 0.3 is 0 Å². The number of thioether (sulfide) groups is 1. The lowest BCUT2D eigenvalue weighted by Gasteiger charge is -2.05. The minimum Gasteiger partial charge on any atom is -0.319 e. The zero-order chi connectivity index (χ0) is 16.4. The summed E-state index contributed by atoms with van der Waals surface area (Å²) in [6.45, 7) is 2.77. The zero-order valence-corrected chi connectivity index (χ0v) is 14.1. The molecule has 3 aromatic rings. The fraction of sp³-hybridized carbons (Fsp3) is 0.200. The average Bonchev–Trinajstić information content (AvgIpc) is 2.89. The highest BCUT2D eigenvalue weighted by atomic mass is 32.2. The molecule has 0 aliphatic carbocycles. The number of rotatable bonds is 5. The van der Waals surface area contributed by atoms with E-state index in [-0.39, 0.29) is 4.90 Å². The molecule has 6 nitrogen and oxygen atoms in total. The summed E-state index contributed by atoms with van der Waals surface area (Å²) in [6, 6.07) is 10.6. The minimum absolute atomic E-state index is 0.0760. The minimum atomic E-state index is -3.73. The highest BCUT2D eigenvalue weighted by molar-refractivity contribution is 7.98.